The maximum absolute atomic E-state index is 16.1. The first-order valence-corrected chi connectivity index (χ1v) is 13.1. The Kier molecular flexibility index (Phi) is 6.40. The first-order valence-electron chi connectivity index (χ1n) is 13.1. The van der Waals surface area contributed by atoms with Crippen molar-refractivity contribution in [1.29, 1.82) is 0 Å². The molecule has 1 atom stereocenters. The molecule has 0 saturated carbocycles. The van der Waals surface area contributed by atoms with Gasteiger partial charge in [-0.2, -0.15) is 5.10 Å². The van der Waals surface area contributed by atoms with E-state index in [0.717, 1.165) is 42.8 Å². The van der Waals surface area contributed by atoms with Gasteiger partial charge in [0.05, 0.1) is 28.3 Å². The van der Waals surface area contributed by atoms with Gasteiger partial charge in [0, 0.05) is 36.6 Å². The van der Waals surface area contributed by atoms with Gasteiger partial charge in [-0.3, -0.25) is 10.1 Å². The molecule has 0 bridgehead atoms. The number of aromatic nitrogens is 6. The summed E-state index contributed by atoms with van der Waals surface area (Å²) in [6.07, 6.45) is 8.39. The zero-order chi connectivity index (χ0) is 26.2. The van der Waals surface area contributed by atoms with E-state index in [0.29, 0.717) is 51.6 Å². The fourth-order valence-electron chi connectivity index (χ4n) is 5.20. The summed E-state index contributed by atoms with van der Waals surface area (Å²) in [4.78, 5) is 19.3. The van der Waals surface area contributed by atoms with Gasteiger partial charge >= 0.3 is 0 Å². The molecule has 1 aromatic carbocycles. The van der Waals surface area contributed by atoms with Crippen molar-refractivity contribution >= 4 is 33.4 Å². The summed E-state index contributed by atoms with van der Waals surface area (Å²) in [5.41, 5.74) is 4.20. The molecule has 4 N–H and O–H groups in total. The van der Waals surface area contributed by atoms with Gasteiger partial charge in [0.2, 0.25) is 0 Å². The molecule has 10 heteroatoms. The third-order valence-corrected chi connectivity index (χ3v) is 7.01. The van der Waals surface area contributed by atoms with Crippen molar-refractivity contribution in [2.75, 3.05) is 23.3 Å². The van der Waals surface area contributed by atoms with Gasteiger partial charge in [-0.05, 0) is 55.9 Å². The molecule has 1 fully saturated rings. The molecule has 1 aliphatic rings. The predicted octanol–water partition coefficient (Wildman–Crippen LogP) is 5.47. The fraction of sp³-hybridized carbons (Fsp3) is 0.357. The molecule has 1 unspecified atom stereocenters. The third kappa shape index (κ3) is 4.56. The number of fused-ring (bicyclic) bond motifs is 2. The van der Waals surface area contributed by atoms with Crippen LogP contribution in [0.1, 0.15) is 39.5 Å². The van der Waals surface area contributed by atoms with Gasteiger partial charge in [0.15, 0.2) is 11.6 Å². The van der Waals surface area contributed by atoms with Crippen LogP contribution in [0, 0.1) is 11.7 Å². The molecule has 196 valence electrons. The minimum atomic E-state index is -0.711. The predicted molar refractivity (Wildman–Crippen MR) is 147 cm³/mol. The van der Waals surface area contributed by atoms with Gasteiger partial charge in [-0.1, -0.05) is 13.8 Å². The maximum Gasteiger partial charge on any atom is 0.159 e. The highest BCUT2D eigenvalue weighted by Gasteiger charge is 2.22. The number of imidazole rings is 1. The van der Waals surface area contributed by atoms with E-state index < -0.39 is 12.0 Å². The molecular formula is C28H31FN8O. The van der Waals surface area contributed by atoms with Crippen LogP contribution in [0.5, 0.6) is 0 Å². The Hall–Kier alpha value is -4.05. The van der Waals surface area contributed by atoms with E-state index in [1.807, 2.05) is 19.9 Å². The molecule has 5 aromatic rings. The van der Waals surface area contributed by atoms with Gasteiger partial charge in [0.25, 0.3) is 0 Å². The molecule has 38 heavy (non-hydrogen) atoms. The van der Waals surface area contributed by atoms with Crippen LogP contribution in [0.15, 0.2) is 42.9 Å². The molecule has 9 nitrogen and oxygen atoms in total. The minimum Gasteiger partial charge on any atom is -0.374 e. The highest BCUT2D eigenvalue weighted by atomic mass is 19.1. The molecule has 5 heterocycles. The van der Waals surface area contributed by atoms with Crippen molar-refractivity contribution in [1.82, 2.24) is 30.1 Å². The van der Waals surface area contributed by atoms with Crippen LogP contribution in [-0.4, -0.2) is 54.6 Å². The molecular weight excluding hydrogens is 483 g/mol. The summed E-state index contributed by atoms with van der Waals surface area (Å²) < 4.78 is 16.1. The molecule has 0 aliphatic carbocycles. The Morgan fingerprint density at radius 2 is 1.95 bits per heavy atom. The molecule has 6 rings (SSSR count). The normalized spacial score (nSPS) is 15.0. The van der Waals surface area contributed by atoms with E-state index in [-0.39, 0.29) is 0 Å². The number of hydrogen-bond donors (Lipinski definition) is 4. The van der Waals surface area contributed by atoms with Crippen molar-refractivity contribution in [3.05, 3.63) is 48.7 Å². The SMILES string of the molecule is CC(C)CC(O)Nc1cncc(-c2ccc3[nH]nc(-c4nc5c(N6CCCCC6)nccc5[nH]4)c3c2F)c1. The van der Waals surface area contributed by atoms with Crippen LogP contribution in [0.2, 0.25) is 0 Å². The van der Waals surface area contributed by atoms with Crippen molar-refractivity contribution in [2.24, 2.45) is 5.92 Å². The van der Waals surface area contributed by atoms with Crippen LogP contribution < -0.4 is 10.2 Å². The average Bonchev–Trinajstić information content (AvgIpc) is 3.54. The van der Waals surface area contributed by atoms with E-state index >= 15 is 4.39 Å². The summed E-state index contributed by atoms with van der Waals surface area (Å²) in [7, 11) is 0. The standard InChI is InChI=1S/C28H31FN8O/c1-16(2)12-22(38)32-18-13-17(14-30-15-18)19-6-7-20-23(24(19)29)26(36-35-20)27-33-21-8-9-31-28(25(21)34-27)37-10-4-3-5-11-37/h6-9,13-16,22,32,38H,3-5,10-12H2,1-2H3,(H,33,34)(H,35,36). The summed E-state index contributed by atoms with van der Waals surface area (Å²) in [6.45, 7) is 5.99. The fourth-order valence-corrected chi connectivity index (χ4v) is 5.20. The zero-order valence-electron chi connectivity index (χ0n) is 21.5. The van der Waals surface area contributed by atoms with Gasteiger partial charge in [-0.15, -0.1) is 0 Å². The number of benzene rings is 1. The summed E-state index contributed by atoms with van der Waals surface area (Å²) in [6, 6.07) is 7.19. The van der Waals surface area contributed by atoms with Gasteiger partial charge in [0.1, 0.15) is 23.3 Å². The van der Waals surface area contributed by atoms with Crippen LogP contribution in [0.3, 0.4) is 0 Å². The van der Waals surface area contributed by atoms with Crippen LogP contribution in [-0.2, 0) is 0 Å². The van der Waals surface area contributed by atoms with E-state index in [2.05, 4.69) is 35.4 Å². The number of pyridine rings is 2. The number of rotatable bonds is 7. The van der Waals surface area contributed by atoms with E-state index in [1.165, 1.54) is 6.42 Å². The minimum absolute atomic E-state index is 0.331. The molecule has 4 aromatic heterocycles. The second-order valence-electron chi connectivity index (χ2n) is 10.3. The lowest BCUT2D eigenvalue weighted by molar-refractivity contribution is 0.176. The number of nitrogens with zero attached hydrogens (tertiary/aromatic N) is 5. The number of piperidine rings is 1. The summed E-state index contributed by atoms with van der Waals surface area (Å²) in [5, 5.41) is 21.1. The number of aliphatic hydroxyl groups excluding tert-OH is 1. The Labute approximate surface area is 219 Å². The number of H-pyrrole nitrogens is 2. The first-order chi connectivity index (χ1) is 18.5. The molecule has 1 saturated heterocycles. The van der Waals surface area contributed by atoms with E-state index in [9.17, 15) is 5.11 Å². The van der Waals surface area contributed by atoms with E-state index in [1.54, 1.807) is 36.8 Å². The van der Waals surface area contributed by atoms with Crippen molar-refractivity contribution in [2.45, 2.75) is 45.8 Å². The summed E-state index contributed by atoms with van der Waals surface area (Å²) in [5.74, 6) is 1.25. The Morgan fingerprint density at radius 3 is 2.76 bits per heavy atom. The third-order valence-electron chi connectivity index (χ3n) is 7.01. The van der Waals surface area contributed by atoms with Crippen molar-refractivity contribution in [3.8, 4) is 22.6 Å². The second kappa shape index (κ2) is 10.0. The number of anilines is 2. The highest BCUT2D eigenvalue weighted by Crippen LogP contribution is 2.35. The van der Waals surface area contributed by atoms with Gasteiger partial charge in [-0.25, -0.2) is 14.4 Å². The van der Waals surface area contributed by atoms with Gasteiger partial charge < -0.3 is 20.3 Å². The Bertz CT molecular complexity index is 1590. The van der Waals surface area contributed by atoms with Crippen LogP contribution >= 0.6 is 0 Å². The maximum atomic E-state index is 16.1. The quantitative estimate of drug-likeness (QED) is 0.213. The highest BCUT2D eigenvalue weighted by molar-refractivity contribution is 5.97. The van der Waals surface area contributed by atoms with Crippen LogP contribution in [0.25, 0.3) is 44.6 Å². The monoisotopic (exact) mass is 514 g/mol. The lowest BCUT2D eigenvalue weighted by Crippen LogP contribution is -2.30. The number of hydrogen-bond acceptors (Lipinski definition) is 7. The van der Waals surface area contributed by atoms with Crippen molar-refractivity contribution < 1.29 is 9.50 Å². The first kappa shape index (κ1) is 24.3. The number of aliphatic hydroxyl groups is 1. The molecule has 0 radical (unpaired) electrons. The largest absolute Gasteiger partial charge is 0.374 e. The molecule has 0 spiro atoms. The average molecular weight is 515 g/mol. The number of nitrogens with one attached hydrogen (secondary N) is 3. The smallest absolute Gasteiger partial charge is 0.159 e. The lowest BCUT2D eigenvalue weighted by Gasteiger charge is -2.27. The Morgan fingerprint density at radius 1 is 1.11 bits per heavy atom. The molecule has 1 aliphatic heterocycles. The topological polar surface area (TPSA) is 119 Å². The number of halogens is 1. The lowest BCUT2D eigenvalue weighted by atomic mass is 10.0. The van der Waals surface area contributed by atoms with E-state index in [4.69, 9.17) is 4.98 Å². The zero-order valence-corrected chi connectivity index (χ0v) is 21.5. The Balaban J connectivity index is 1.38. The second-order valence-corrected chi connectivity index (χ2v) is 10.3. The molecule has 0 amide bonds. The van der Waals surface area contributed by atoms with Crippen molar-refractivity contribution in [3.63, 3.8) is 0 Å². The number of aromatic amines is 2. The summed E-state index contributed by atoms with van der Waals surface area (Å²) >= 11 is 0. The van der Waals surface area contributed by atoms with Crippen LogP contribution in [0.4, 0.5) is 15.9 Å².